The number of carbonyl (C=O) groups excluding carboxylic acids is 1. The Morgan fingerprint density at radius 1 is 1.38 bits per heavy atom. The van der Waals surface area contributed by atoms with Gasteiger partial charge in [-0.1, -0.05) is 13.8 Å². The van der Waals surface area contributed by atoms with E-state index in [-0.39, 0.29) is 5.91 Å². The molecule has 5 heteroatoms. The normalized spacial score (nSPS) is 10.9. The van der Waals surface area contributed by atoms with E-state index in [1.807, 2.05) is 36.2 Å². The number of rotatable bonds is 5. The van der Waals surface area contributed by atoms with E-state index in [0.29, 0.717) is 24.7 Å². The Morgan fingerprint density at radius 2 is 2.14 bits per heavy atom. The van der Waals surface area contributed by atoms with Crippen molar-refractivity contribution in [3.05, 3.63) is 30.5 Å². The van der Waals surface area contributed by atoms with E-state index in [9.17, 15) is 4.79 Å². The number of hydrogen-bond donors (Lipinski definition) is 2. The van der Waals surface area contributed by atoms with E-state index in [1.54, 1.807) is 6.20 Å². The highest BCUT2D eigenvalue weighted by molar-refractivity contribution is 5.99. The van der Waals surface area contributed by atoms with Crippen LogP contribution in [-0.4, -0.2) is 31.0 Å². The summed E-state index contributed by atoms with van der Waals surface area (Å²) in [6.45, 7) is 5.14. The van der Waals surface area contributed by atoms with Crippen molar-refractivity contribution >= 4 is 28.2 Å². The molecule has 21 heavy (non-hydrogen) atoms. The van der Waals surface area contributed by atoms with Gasteiger partial charge in [0.25, 0.3) is 0 Å². The lowest BCUT2D eigenvalue weighted by Gasteiger charge is -2.21. The molecule has 0 saturated carbocycles. The van der Waals surface area contributed by atoms with Crippen LogP contribution in [0.1, 0.15) is 13.8 Å². The summed E-state index contributed by atoms with van der Waals surface area (Å²) in [5.41, 5.74) is 8.31. The molecule has 1 amide bonds. The van der Waals surface area contributed by atoms with Gasteiger partial charge in [-0.25, -0.2) is 0 Å². The van der Waals surface area contributed by atoms with Crippen molar-refractivity contribution in [1.29, 1.82) is 0 Å². The lowest BCUT2D eigenvalue weighted by molar-refractivity contribution is -0.119. The average molecular weight is 286 g/mol. The van der Waals surface area contributed by atoms with Gasteiger partial charge in [-0.15, -0.1) is 0 Å². The molecule has 0 aliphatic carbocycles. The molecular weight excluding hydrogens is 264 g/mol. The summed E-state index contributed by atoms with van der Waals surface area (Å²) in [6.07, 6.45) is 1.72. The highest BCUT2D eigenvalue weighted by Crippen LogP contribution is 2.28. The number of carbonyl (C=O) groups is 1. The minimum Gasteiger partial charge on any atom is -0.397 e. The second-order valence-corrected chi connectivity index (χ2v) is 5.63. The summed E-state index contributed by atoms with van der Waals surface area (Å²) < 4.78 is 0. The molecule has 0 spiro atoms. The van der Waals surface area contributed by atoms with Crippen molar-refractivity contribution in [2.24, 2.45) is 5.92 Å². The molecule has 5 nitrogen and oxygen atoms in total. The first-order valence-corrected chi connectivity index (χ1v) is 7.10. The Bertz CT molecular complexity index is 639. The quantitative estimate of drug-likeness (QED) is 0.825. The fourth-order valence-corrected chi connectivity index (χ4v) is 2.19. The summed E-state index contributed by atoms with van der Waals surface area (Å²) >= 11 is 0. The van der Waals surface area contributed by atoms with Crippen LogP contribution in [0.3, 0.4) is 0 Å². The maximum Gasteiger partial charge on any atom is 0.239 e. The largest absolute Gasteiger partial charge is 0.397 e. The Hall–Kier alpha value is -2.30. The standard InChI is InChI=1S/C16H22N4O/c1-11(2)9-19-15(21)10-20(3)14-7-6-13(17)16-12(14)5-4-8-18-16/h4-8,11H,9-10,17H2,1-3H3,(H,19,21). The van der Waals surface area contributed by atoms with Crippen LogP contribution in [-0.2, 0) is 4.79 Å². The lowest BCUT2D eigenvalue weighted by atomic mass is 10.1. The zero-order valence-electron chi connectivity index (χ0n) is 12.8. The highest BCUT2D eigenvalue weighted by atomic mass is 16.2. The van der Waals surface area contributed by atoms with E-state index < -0.39 is 0 Å². The van der Waals surface area contributed by atoms with Crippen LogP contribution >= 0.6 is 0 Å². The molecule has 1 aromatic carbocycles. The van der Waals surface area contributed by atoms with E-state index in [1.165, 1.54) is 0 Å². The van der Waals surface area contributed by atoms with Crippen molar-refractivity contribution < 1.29 is 4.79 Å². The predicted octanol–water partition coefficient (Wildman–Crippen LogP) is 2.03. The van der Waals surface area contributed by atoms with Crippen LogP contribution < -0.4 is 16.0 Å². The molecule has 0 aliphatic rings. The second kappa shape index (κ2) is 6.43. The Balaban J connectivity index is 2.18. The number of nitrogens with one attached hydrogen (secondary N) is 1. The maximum atomic E-state index is 11.9. The molecule has 2 rings (SSSR count). The first-order chi connectivity index (χ1) is 9.99. The van der Waals surface area contributed by atoms with Gasteiger partial charge in [0.1, 0.15) is 0 Å². The van der Waals surface area contributed by atoms with Crippen LogP contribution in [0.5, 0.6) is 0 Å². The third-order valence-corrected chi connectivity index (χ3v) is 3.28. The zero-order valence-corrected chi connectivity index (χ0v) is 12.8. The van der Waals surface area contributed by atoms with Crippen LogP contribution in [0.2, 0.25) is 0 Å². The summed E-state index contributed by atoms with van der Waals surface area (Å²) in [5, 5.41) is 3.88. The molecule has 0 bridgehead atoms. The van der Waals surface area contributed by atoms with Gasteiger partial charge in [-0.3, -0.25) is 9.78 Å². The van der Waals surface area contributed by atoms with Crippen molar-refractivity contribution in [3.63, 3.8) is 0 Å². The number of aromatic nitrogens is 1. The number of likely N-dealkylation sites (N-methyl/N-ethyl adjacent to an activating group) is 1. The predicted molar refractivity (Wildman–Crippen MR) is 87.3 cm³/mol. The molecule has 112 valence electrons. The highest BCUT2D eigenvalue weighted by Gasteiger charge is 2.12. The maximum absolute atomic E-state index is 11.9. The van der Waals surface area contributed by atoms with E-state index in [0.717, 1.165) is 16.6 Å². The monoisotopic (exact) mass is 286 g/mol. The number of nitrogens with zero attached hydrogens (tertiary/aromatic N) is 2. The molecular formula is C16H22N4O. The van der Waals surface area contributed by atoms with Crippen LogP contribution in [0.15, 0.2) is 30.5 Å². The summed E-state index contributed by atoms with van der Waals surface area (Å²) in [7, 11) is 1.90. The molecule has 0 saturated heterocycles. The minimum atomic E-state index is 0.0139. The van der Waals surface area contributed by atoms with Gasteiger partial charge in [0.2, 0.25) is 5.91 Å². The number of fused-ring (bicyclic) bond motifs is 1. The van der Waals surface area contributed by atoms with Crippen molar-refractivity contribution in [1.82, 2.24) is 10.3 Å². The third kappa shape index (κ3) is 3.62. The molecule has 0 aliphatic heterocycles. The Labute approximate surface area is 125 Å². The molecule has 0 unspecified atom stereocenters. The number of pyridine rings is 1. The molecule has 0 fully saturated rings. The molecule has 2 aromatic rings. The number of nitrogens with two attached hydrogens (primary N) is 1. The molecule has 0 radical (unpaired) electrons. The smallest absolute Gasteiger partial charge is 0.239 e. The summed E-state index contributed by atoms with van der Waals surface area (Å²) in [6, 6.07) is 7.59. The van der Waals surface area contributed by atoms with Gasteiger partial charge < -0.3 is 16.0 Å². The van der Waals surface area contributed by atoms with Crippen LogP contribution in [0, 0.1) is 5.92 Å². The number of hydrogen-bond acceptors (Lipinski definition) is 4. The fraction of sp³-hybridized carbons (Fsp3) is 0.375. The van der Waals surface area contributed by atoms with Gasteiger partial charge in [0.15, 0.2) is 0 Å². The van der Waals surface area contributed by atoms with Crippen molar-refractivity contribution in [2.75, 3.05) is 30.8 Å². The number of anilines is 2. The van der Waals surface area contributed by atoms with Gasteiger partial charge in [-0.05, 0) is 30.2 Å². The molecule has 1 heterocycles. The van der Waals surface area contributed by atoms with Gasteiger partial charge in [0.05, 0.1) is 17.7 Å². The Morgan fingerprint density at radius 3 is 2.86 bits per heavy atom. The summed E-state index contributed by atoms with van der Waals surface area (Å²) in [5.74, 6) is 0.459. The number of benzene rings is 1. The zero-order chi connectivity index (χ0) is 15.4. The van der Waals surface area contributed by atoms with Crippen molar-refractivity contribution in [2.45, 2.75) is 13.8 Å². The number of nitrogen functional groups attached to an aromatic ring is 1. The third-order valence-electron chi connectivity index (χ3n) is 3.28. The Kier molecular flexibility index (Phi) is 4.62. The fourth-order valence-electron chi connectivity index (χ4n) is 2.19. The topological polar surface area (TPSA) is 71.2 Å². The van der Waals surface area contributed by atoms with Crippen LogP contribution in [0.4, 0.5) is 11.4 Å². The van der Waals surface area contributed by atoms with E-state index in [2.05, 4.69) is 24.1 Å². The summed E-state index contributed by atoms with van der Waals surface area (Å²) in [4.78, 5) is 18.2. The molecule has 0 atom stereocenters. The van der Waals surface area contributed by atoms with E-state index >= 15 is 0 Å². The van der Waals surface area contributed by atoms with Crippen LogP contribution in [0.25, 0.3) is 10.9 Å². The number of amides is 1. The first-order valence-electron chi connectivity index (χ1n) is 7.10. The second-order valence-electron chi connectivity index (χ2n) is 5.63. The van der Waals surface area contributed by atoms with Gasteiger partial charge >= 0.3 is 0 Å². The molecule has 3 N–H and O–H groups in total. The molecule has 1 aromatic heterocycles. The SMILES string of the molecule is CC(C)CNC(=O)CN(C)c1ccc(N)c2ncccc12. The van der Waals surface area contributed by atoms with Gasteiger partial charge in [0, 0.05) is 30.9 Å². The first kappa shape index (κ1) is 15.1. The lowest BCUT2D eigenvalue weighted by Crippen LogP contribution is -2.36. The van der Waals surface area contributed by atoms with Crippen molar-refractivity contribution in [3.8, 4) is 0 Å². The van der Waals surface area contributed by atoms with Gasteiger partial charge in [-0.2, -0.15) is 0 Å². The minimum absolute atomic E-state index is 0.0139. The average Bonchev–Trinajstić information content (AvgIpc) is 2.45. The van der Waals surface area contributed by atoms with E-state index in [4.69, 9.17) is 5.73 Å².